The quantitative estimate of drug-likeness (QED) is 0.726. The number of rotatable bonds is 3. The number of benzene rings is 1. The van der Waals surface area contributed by atoms with E-state index in [-0.39, 0.29) is 0 Å². The number of halogens is 1. The Bertz CT molecular complexity index is 307. The molecular formula is C11H12BrS. The lowest BCUT2D eigenvalue weighted by Crippen LogP contribution is -1.92. The van der Waals surface area contributed by atoms with Gasteiger partial charge in [0.05, 0.1) is 0 Å². The van der Waals surface area contributed by atoms with Gasteiger partial charge in [0.1, 0.15) is 0 Å². The molecule has 0 N–H and O–H groups in total. The first-order valence-electron chi connectivity index (χ1n) is 3.99. The summed E-state index contributed by atoms with van der Waals surface area (Å²) in [5, 5.41) is 0. The highest BCUT2D eigenvalue weighted by Gasteiger charge is 2.07. The zero-order valence-corrected chi connectivity index (χ0v) is 10.2. The summed E-state index contributed by atoms with van der Waals surface area (Å²) in [5.74, 6) is 1.21. The van der Waals surface area contributed by atoms with Crippen molar-refractivity contribution in [1.29, 1.82) is 0 Å². The number of hydrogen-bond donors (Lipinski definition) is 0. The third-order valence-electron chi connectivity index (χ3n) is 1.89. The van der Waals surface area contributed by atoms with Crippen LogP contribution >= 0.6 is 27.7 Å². The molecule has 0 aromatic heterocycles. The van der Waals surface area contributed by atoms with Gasteiger partial charge in [0, 0.05) is 15.3 Å². The van der Waals surface area contributed by atoms with E-state index in [0.717, 1.165) is 4.47 Å². The van der Waals surface area contributed by atoms with Crippen molar-refractivity contribution in [2.24, 2.45) is 0 Å². The second kappa shape index (κ2) is 4.87. The van der Waals surface area contributed by atoms with Gasteiger partial charge < -0.3 is 0 Å². The Morgan fingerprint density at radius 1 is 1.54 bits per heavy atom. The Kier molecular flexibility index (Phi) is 4.07. The Morgan fingerprint density at radius 2 is 2.23 bits per heavy atom. The molecule has 1 rings (SSSR count). The van der Waals surface area contributed by atoms with Gasteiger partial charge in [-0.2, -0.15) is 0 Å². The van der Waals surface area contributed by atoms with Gasteiger partial charge in [0.25, 0.3) is 0 Å². The molecule has 69 valence electrons. The molecule has 13 heavy (non-hydrogen) atoms. The van der Waals surface area contributed by atoms with E-state index in [1.54, 1.807) is 11.8 Å². The van der Waals surface area contributed by atoms with E-state index in [1.165, 1.54) is 16.4 Å². The van der Waals surface area contributed by atoms with Gasteiger partial charge >= 0.3 is 0 Å². The first kappa shape index (κ1) is 10.9. The largest absolute Gasteiger partial charge is 0.129 e. The molecule has 0 spiro atoms. The van der Waals surface area contributed by atoms with Crippen molar-refractivity contribution in [3.8, 4) is 0 Å². The Hall–Kier alpha value is -0.210. The predicted octanol–water partition coefficient (Wildman–Crippen LogP) is 4.30. The maximum Gasteiger partial charge on any atom is 0.0242 e. The lowest BCUT2D eigenvalue weighted by Gasteiger charge is -2.11. The van der Waals surface area contributed by atoms with Gasteiger partial charge in [-0.1, -0.05) is 28.9 Å². The minimum atomic E-state index is 1.11. The first-order valence-corrected chi connectivity index (χ1v) is 6.00. The van der Waals surface area contributed by atoms with Crippen LogP contribution in [0.3, 0.4) is 0 Å². The fraction of sp³-hybridized carbons (Fsp3) is 0.182. The molecule has 0 aliphatic heterocycles. The Morgan fingerprint density at radius 3 is 2.77 bits per heavy atom. The molecule has 0 atom stereocenters. The maximum atomic E-state index is 3.78. The topological polar surface area (TPSA) is 0 Å². The fourth-order valence-corrected chi connectivity index (χ4v) is 2.10. The second-order valence-corrected chi connectivity index (χ2v) is 4.50. The van der Waals surface area contributed by atoms with Crippen molar-refractivity contribution in [3.63, 3.8) is 0 Å². The average molecular weight is 256 g/mol. The van der Waals surface area contributed by atoms with Gasteiger partial charge in [-0.3, -0.25) is 0 Å². The van der Waals surface area contributed by atoms with E-state index < -0.39 is 0 Å². The Balaban J connectivity index is 3.14. The minimum Gasteiger partial charge on any atom is -0.129 e. The summed E-state index contributed by atoms with van der Waals surface area (Å²) in [7, 11) is 0. The summed E-state index contributed by atoms with van der Waals surface area (Å²) in [5.41, 5.74) is 1.26. The zero-order valence-electron chi connectivity index (χ0n) is 7.80. The van der Waals surface area contributed by atoms with Crippen LogP contribution in [0.15, 0.2) is 40.2 Å². The molecule has 1 aromatic rings. The lowest BCUT2D eigenvalue weighted by molar-refractivity contribution is 1.18. The molecule has 0 heterocycles. The van der Waals surface area contributed by atoms with E-state index in [9.17, 15) is 0 Å². The Labute approximate surface area is 92.6 Å². The van der Waals surface area contributed by atoms with E-state index in [4.69, 9.17) is 0 Å². The summed E-state index contributed by atoms with van der Waals surface area (Å²) in [6.45, 7) is 5.86. The van der Waals surface area contributed by atoms with Crippen molar-refractivity contribution < 1.29 is 0 Å². The van der Waals surface area contributed by atoms with Crippen molar-refractivity contribution in [1.82, 2.24) is 0 Å². The molecule has 0 aliphatic carbocycles. The fourth-order valence-electron chi connectivity index (χ4n) is 1.10. The molecule has 0 aliphatic rings. The average Bonchev–Trinajstić information content (AvgIpc) is 2.16. The highest BCUT2D eigenvalue weighted by Crippen LogP contribution is 2.29. The van der Waals surface area contributed by atoms with Crippen LogP contribution < -0.4 is 0 Å². The number of thioether (sulfide) groups is 1. The molecule has 1 aromatic carbocycles. The third-order valence-corrected chi connectivity index (χ3v) is 3.18. The normalized spacial score (nSPS) is 10.5. The summed E-state index contributed by atoms with van der Waals surface area (Å²) < 4.78 is 1.11. The van der Waals surface area contributed by atoms with Crippen LogP contribution in [0, 0.1) is 5.92 Å². The number of hydrogen-bond acceptors (Lipinski definition) is 1. The molecule has 0 nitrogen and oxygen atoms in total. The van der Waals surface area contributed by atoms with Gasteiger partial charge in [0.2, 0.25) is 0 Å². The van der Waals surface area contributed by atoms with Gasteiger partial charge in [0.15, 0.2) is 0 Å². The number of allylic oxidation sites excluding steroid dienone is 1. The molecule has 0 amide bonds. The van der Waals surface area contributed by atoms with E-state index in [2.05, 4.69) is 53.9 Å². The molecule has 0 unspecified atom stereocenters. The van der Waals surface area contributed by atoms with E-state index >= 15 is 0 Å². The zero-order chi connectivity index (χ0) is 9.84. The van der Waals surface area contributed by atoms with Crippen LogP contribution in [-0.4, -0.2) is 6.26 Å². The van der Waals surface area contributed by atoms with Gasteiger partial charge in [-0.15, -0.1) is 18.3 Å². The standard InChI is InChI=1S/C11H12BrS/c1-4-8(2)10-7-9(12)5-6-11(10)13-3/h4-7H,1H2,2-3H3. The summed E-state index contributed by atoms with van der Waals surface area (Å²) in [6.07, 6.45) is 3.98. The van der Waals surface area contributed by atoms with Crippen LogP contribution in [0.2, 0.25) is 0 Å². The maximum absolute atomic E-state index is 3.78. The molecule has 0 bridgehead atoms. The van der Waals surface area contributed by atoms with E-state index in [0.29, 0.717) is 0 Å². The summed E-state index contributed by atoms with van der Waals surface area (Å²) in [4.78, 5) is 1.29. The molecule has 1 radical (unpaired) electrons. The van der Waals surface area contributed by atoms with Crippen LogP contribution in [0.5, 0.6) is 0 Å². The monoisotopic (exact) mass is 255 g/mol. The smallest absolute Gasteiger partial charge is 0.0242 e. The molecule has 0 saturated heterocycles. The minimum absolute atomic E-state index is 1.11. The first-order chi connectivity index (χ1) is 6.19. The lowest BCUT2D eigenvalue weighted by atomic mass is 10.0. The SMILES string of the molecule is C=C[C](C)c1cc(Br)ccc1SC. The van der Waals surface area contributed by atoms with Crippen molar-refractivity contribution in [3.05, 3.63) is 46.8 Å². The molecule has 0 fully saturated rings. The molecule has 2 heteroatoms. The van der Waals surface area contributed by atoms with Crippen LogP contribution in [0.4, 0.5) is 0 Å². The second-order valence-electron chi connectivity index (χ2n) is 2.73. The van der Waals surface area contributed by atoms with Gasteiger partial charge in [-0.25, -0.2) is 0 Å². The molecular weight excluding hydrogens is 244 g/mol. The highest BCUT2D eigenvalue weighted by atomic mass is 79.9. The van der Waals surface area contributed by atoms with Gasteiger partial charge in [-0.05, 0) is 30.0 Å². The predicted molar refractivity (Wildman–Crippen MR) is 64.1 cm³/mol. The summed E-state index contributed by atoms with van der Waals surface area (Å²) >= 11 is 5.22. The van der Waals surface area contributed by atoms with Crippen molar-refractivity contribution in [2.45, 2.75) is 11.8 Å². The van der Waals surface area contributed by atoms with Crippen molar-refractivity contribution in [2.75, 3.05) is 6.26 Å². The van der Waals surface area contributed by atoms with Crippen LogP contribution in [0.1, 0.15) is 12.5 Å². The summed E-state index contributed by atoms with van der Waals surface area (Å²) in [6, 6.07) is 6.31. The van der Waals surface area contributed by atoms with E-state index in [1.807, 2.05) is 6.08 Å². The van der Waals surface area contributed by atoms with Crippen molar-refractivity contribution >= 4 is 27.7 Å². The van der Waals surface area contributed by atoms with Crippen LogP contribution in [-0.2, 0) is 0 Å². The van der Waals surface area contributed by atoms with Crippen LogP contribution in [0.25, 0.3) is 0 Å². The highest BCUT2D eigenvalue weighted by molar-refractivity contribution is 9.10. The third kappa shape index (κ3) is 2.61. The molecule has 0 saturated carbocycles.